The van der Waals surface area contributed by atoms with Gasteiger partial charge in [-0.2, -0.15) is 5.26 Å². The number of nitriles is 1. The van der Waals surface area contributed by atoms with Gasteiger partial charge in [0.2, 0.25) is 11.8 Å². The minimum atomic E-state index is -1.37. The van der Waals surface area contributed by atoms with Crippen LogP contribution in [0, 0.1) is 30.6 Å². The molecule has 0 atom stereocenters. The summed E-state index contributed by atoms with van der Waals surface area (Å²) in [4.78, 5) is 25.4. The van der Waals surface area contributed by atoms with E-state index in [2.05, 4.69) is 10.6 Å². The van der Waals surface area contributed by atoms with Crippen molar-refractivity contribution in [1.29, 1.82) is 5.26 Å². The number of nitrogens with zero attached hydrogens (tertiary/aromatic N) is 1. The molecule has 0 saturated carbocycles. The minimum absolute atomic E-state index is 0.328. The SMILES string of the molecule is Cc1cc(C)c(NC(=O)C(C)(C)C(=O)Nc2ccccc2C#N)c(Cl)c1. The Labute approximate surface area is 158 Å². The number of carbonyl (C=O) groups is 2. The third kappa shape index (κ3) is 4.04. The summed E-state index contributed by atoms with van der Waals surface area (Å²) in [5.41, 5.74) is 1.61. The summed E-state index contributed by atoms with van der Waals surface area (Å²) in [7, 11) is 0. The number of para-hydroxylation sites is 1. The molecular formula is C20H20ClN3O2. The fraction of sp³-hybridized carbons (Fsp3) is 0.250. The van der Waals surface area contributed by atoms with Crippen molar-refractivity contribution >= 4 is 34.8 Å². The molecule has 134 valence electrons. The molecule has 26 heavy (non-hydrogen) atoms. The van der Waals surface area contributed by atoms with Crippen LogP contribution in [0.3, 0.4) is 0 Å². The summed E-state index contributed by atoms with van der Waals surface area (Å²) in [6, 6.07) is 12.3. The Morgan fingerprint density at radius 1 is 1.08 bits per heavy atom. The lowest BCUT2D eigenvalue weighted by atomic mass is 9.90. The molecule has 2 amide bonds. The number of nitrogens with one attached hydrogen (secondary N) is 2. The third-order valence-electron chi connectivity index (χ3n) is 4.10. The second-order valence-corrected chi connectivity index (χ2v) is 7.04. The van der Waals surface area contributed by atoms with Crippen molar-refractivity contribution in [3.63, 3.8) is 0 Å². The first kappa shape index (κ1) is 19.5. The predicted molar refractivity (Wildman–Crippen MR) is 103 cm³/mol. The average molecular weight is 370 g/mol. The van der Waals surface area contributed by atoms with Gasteiger partial charge in [-0.05, 0) is 57.0 Å². The van der Waals surface area contributed by atoms with Crippen molar-refractivity contribution in [2.75, 3.05) is 10.6 Å². The van der Waals surface area contributed by atoms with E-state index in [1.807, 2.05) is 26.0 Å². The standard InChI is InChI=1S/C20H20ClN3O2/c1-12-9-13(2)17(15(21)10-12)24-19(26)20(3,4)18(25)23-16-8-6-5-7-14(16)11-22/h5-10H,1-4H3,(H,23,25)(H,24,26). The fourth-order valence-corrected chi connectivity index (χ4v) is 2.78. The van der Waals surface area contributed by atoms with Crippen LogP contribution >= 0.6 is 11.6 Å². The largest absolute Gasteiger partial charge is 0.324 e. The fourth-order valence-electron chi connectivity index (χ4n) is 2.42. The first-order chi connectivity index (χ1) is 12.2. The molecular weight excluding hydrogens is 350 g/mol. The zero-order valence-corrected chi connectivity index (χ0v) is 15.9. The van der Waals surface area contributed by atoms with Crippen LogP contribution in [-0.4, -0.2) is 11.8 Å². The third-order valence-corrected chi connectivity index (χ3v) is 4.40. The molecule has 0 bridgehead atoms. The van der Waals surface area contributed by atoms with Crippen LogP contribution in [0.2, 0.25) is 5.02 Å². The van der Waals surface area contributed by atoms with E-state index in [0.717, 1.165) is 11.1 Å². The van der Waals surface area contributed by atoms with Crippen LogP contribution in [-0.2, 0) is 9.59 Å². The quantitative estimate of drug-likeness (QED) is 0.782. The number of aryl methyl sites for hydroxylation is 2. The molecule has 2 rings (SSSR count). The highest BCUT2D eigenvalue weighted by Crippen LogP contribution is 2.30. The van der Waals surface area contributed by atoms with Gasteiger partial charge in [0, 0.05) is 0 Å². The molecule has 6 heteroatoms. The van der Waals surface area contributed by atoms with Crippen molar-refractivity contribution in [3.05, 3.63) is 58.1 Å². The molecule has 2 N–H and O–H groups in total. The molecule has 2 aromatic rings. The maximum Gasteiger partial charge on any atom is 0.239 e. The first-order valence-electron chi connectivity index (χ1n) is 8.05. The zero-order valence-electron chi connectivity index (χ0n) is 15.1. The molecule has 0 aromatic heterocycles. The number of hydrogen-bond acceptors (Lipinski definition) is 3. The van der Waals surface area contributed by atoms with Crippen molar-refractivity contribution < 1.29 is 9.59 Å². The molecule has 0 unspecified atom stereocenters. The van der Waals surface area contributed by atoms with Crippen molar-refractivity contribution in [2.24, 2.45) is 5.41 Å². The van der Waals surface area contributed by atoms with Gasteiger partial charge in [0.1, 0.15) is 11.5 Å². The Morgan fingerprint density at radius 2 is 1.69 bits per heavy atom. The van der Waals surface area contributed by atoms with E-state index in [1.54, 1.807) is 30.3 Å². The number of hydrogen-bond donors (Lipinski definition) is 2. The van der Waals surface area contributed by atoms with Gasteiger partial charge in [-0.1, -0.05) is 29.8 Å². The van der Waals surface area contributed by atoms with Crippen LogP contribution in [0.4, 0.5) is 11.4 Å². The number of rotatable bonds is 4. The van der Waals surface area contributed by atoms with Gasteiger partial charge in [-0.25, -0.2) is 0 Å². The normalized spacial score (nSPS) is 10.8. The topological polar surface area (TPSA) is 82.0 Å². The average Bonchev–Trinajstić information content (AvgIpc) is 2.58. The highest BCUT2D eigenvalue weighted by molar-refractivity contribution is 6.34. The summed E-state index contributed by atoms with van der Waals surface area (Å²) in [5.74, 6) is -1.00. The van der Waals surface area contributed by atoms with Gasteiger partial charge < -0.3 is 10.6 Å². The number of halogens is 1. The maximum absolute atomic E-state index is 12.7. The Kier molecular flexibility index (Phi) is 5.69. The van der Waals surface area contributed by atoms with Gasteiger partial charge in [-0.3, -0.25) is 9.59 Å². The molecule has 0 aliphatic rings. The number of amides is 2. The van der Waals surface area contributed by atoms with Crippen molar-refractivity contribution in [3.8, 4) is 6.07 Å². The van der Waals surface area contributed by atoms with Gasteiger partial charge in [0.25, 0.3) is 0 Å². The van der Waals surface area contributed by atoms with E-state index in [9.17, 15) is 9.59 Å². The first-order valence-corrected chi connectivity index (χ1v) is 8.43. The van der Waals surface area contributed by atoms with Gasteiger partial charge in [0.05, 0.1) is 22.0 Å². The summed E-state index contributed by atoms with van der Waals surface area (Å²) < 4.78 is 0. The Balaban J connectivity index is 2.22. The zero-order chi connectivity index (χ0) is 19.5. The molecule has 2 aromatic carbocycles. The van der Waals surface area contributed by atoms with E-state index in [-0.39, 0.29) is 0 Å². The molecule has 0 heterocycles. The Hall–Kier alpha value is -2.84. The highest BCUT2D eigenvalue weighted by atomic mass is 35.5. The van der Waals surface area contributed by atoms with Gasteiger partial charge in [0.15, 0.2) is 0 Å². The van der Waals surface area contributed by atoms with Crippen molar-refractivity contribution in [1.82, 2.24) is 0 Å². The highest BCUT2D eigenvalue weighted by Gasteiger charge is 2.37. The summed E-state index contributed by atoms with van der Waals surface area (Å²) in [5, 5.41) is 14.9. The van der Waals surface area contributed by atoms with Crippen LogP contribution in [0.25, 0.3) is 0 Å². The number of carbonyl (C=O) groups excluding carboxylic acids is 2. The van der Waals surface area contributed by atoms with E-state index < -0.39 is 17.2 Å². The van der Waals surface area contributed by atoms with Crippen LogP contribution in [0.1, 0.15) is 30.5 Å². The molecule has 0 radical (unpaired) electrons. The van der Waals surface area contributed by atoms with E-state index >= 15 is 0 Å². The lowest BCUT2D eigenvalue weighted by Crippen LogP contribution is -2.41. The number of benzene rings is 2. The summed E-state index contributed by atoms with van der Waals surface area (Å²) in [6.45, 7) is 6.79. The van der Waals surface area contributed by atoms with Crippen molar-refractivity contribution in [2.45, 2.75) is 27.7 Å². The van der Waals surface area contributed by atoms with Gasteiger partial charge in [-0.15, -0.1) is 0 Å². The Morgan fingerprint density at radius 3 is 2.31 bits per heavy atom. The van der Waals surface area contributed by atoms with Gasteiger partial charge >= 0.3 is 0 Å². The van der Waals surface area contributed by atoms with Crippen LogP contribution in [0.15, 0.2) is 36.4 Å². The van der Waals surface area contributed by atoms with E-state index in [1.165, 1.54) is 13.8 Å². The number of anilines is 2. The van der Waals surface area contributed by atoms with Crippen LogP contribution < -0.4 is 10.6 Å². The molecule has 5 nitrogen and oxygen atoms in total. The second-order valence-electron chi connectivity index (χ2n) is 6.63. The summed E-state index contributed by atoms with van der Waals surface area (Å²) >= 11 is 6.23. The van der Waals surface area contributed by atoms with Crippen LogP contribution in [0.5, 0.6) is 0 Å². The minimum Gasteiger partial charge on any atom is -0.324 e. The maximum atomic E-state index is 12.7. The predicted octanol–water partition coefficient (Wildman–Crippen LogP) is 4.43. The Bertz CT molecular complexity index is 891. The van der Waals surface area contributed by atoms with E-state index in [0.29, 0.717) is 22.0 Å². The monoisotopic (exact) mass is 369 g/mol. The molecule has 0 saturated heterocycles. The molecule has 0 aliphatic carbocycles. The smallest absolute Gasteiger partial charge is 0.239 e. The lowest BCUT2D eigenvalue weighted by molar-refractivity contribution is -0.135. The second kappa shape index (κ2) is 7.59. The summed E-state index contributed by atoms with van der Waals surface area (Å²) in [6.07, 6.45) is 0. The molecule has 0 aliphatic heterocycles. The lowest BCUT2D eigenvalue weighted by Gasteiger charge is -2.24. The van der Waals surface area contributed by atoms with E-state index in [4.69, 9.17) is 16.9 Å². The molecule has 0 fully saturated rings. The molecule has 0 spiro atoms.